The van der Waals surface area contributed by atoms with Crippen LogP contribution in [0.1, 0.15) is 25.3 Å². The van der Waals surface area contributed by atoms with Gasteiger partial charge in [0.05, 0.1) is 5.60 Å². The Hall–Kier alpha value is -1.16. The van der Waals surface area contributed by atoms with Crippen molar-refractivity contribution in [2.75, 3.05) is 26.3 Å². The van der Waals surface area contributed by atoms with Crippen molar-refractivity contribution in [2.45, 2.75) is 25.4 Å². The highest BCUT2D eigenvalue weighted by Gasteiger charge is 2.28. The van der Waals surface area contributed by atoms with Gasteiger partial charge < -0.3 is 15.2 Å². The van der Waals surface area contributed by atoms with Gasteiger partial charge in [0.1, 0.15) is 0 Å². The lowest BCUT2D eigenvalue weighted by Crippen LogP contribution is -2.45. The Bertz CT molecular complexity index is 408. The maximum atomic E-state index is 10.3. The number of rotatable bonds is 5. The summed E-state index contributed by atoms with van der Waals surface area (Å²) in [5.41, 5.74) is 1.89. The monoisotopic (exact) mass is 261 g/mol. The molecule has 3 heteroatoms. The Morgan fingerprint density at radius 1 is 1.32 bits per heavy atom. The molecule has 0 amide bonds. The number of benzene rings is 1. The average Bonchev–Trinajstić information content (AvgIpc) is 2.40. The molecule has 0 aromatic heterocycles. The Labute approximate surface area is 115 Å². The Balaban J connectivity index is 1.77. The van der Waals surface area contributed by atoms with Crippen LogP contribution in [-0.4, -0.2) is 37.0 Å². The molecule has 3 nitrogen and oxygen atoms in total. The molecule has 104 valence electrons. The summed E-state index contributed by atoms with van der Waals surface area (Å²) in [6.45, 7) is 4.87. The first-order valence-electron chi connectivity index (χ1n) is 6.91. The van der Waals surface area contributed by atoms with Gasteiger partial charge in [-0.1, -0.05) is 42.0 Å². The van der Waals surface area contributed by atoms with Gasteiger partial charge in [-0.15, -0.1) is 0 Å². The lowest BCUT2D eigenvalue weighted by Gasteiger charge is -2.32. The van der Waals surface area contributed by atoms with Gasteiger partial charge in [-0.2, -0.15) is 0 Å². The van der Waals surface area contributed by atoms with E-state index in [9.17, 15) is 5.11 Å². The molecule has 1 fully saturated rings. The highest BCUT2D eigenvalue weighted by molar-refractivity contribution is 5.52. The van der Waals surface area contributed by atoms with Crippen molar-refractivity contribution in [2.24, 2.45) is 0 Å². The van der Waals surface area contributed by atoms with Gasteiger partial charge in [-0.25, -0.2) is 0 Å². The molecule has 2 N–H and O–H groups in total. The molecular weight excluding hydrogens is 238 g/mol. The first kappa shape index (κ1) is 14.3. The first-order valence-corrected chi connectivity index (χ1v) is 6.91. The van der Waals surface area contributed by atoms with Gasteiger partial charge in [-0.3, -0.25) is 0 Å². The SMILES string of the molecule is C/C(=C/c1ccccc1)CNCC1(O)CCOCC1. The van der Waals surface area contributed by atoms with Crippen molar-refractivity contribution in [1.82, 2.24) is 5.32 Å². The van der Waals surface area contributed by atoms with Gasteiger partial charge in [0.2, 0.25) is 0 Å². The number of ether oxygens (including phenoxy) is 1. The summed E-state index contributed by atoms with van der Waals surface area (Å²) >= 11 is 0. The van der Waals surface area contributed by atoms with Crippen LogP contribution in [0.3, 0.4) is 0 Å². The summed E-state index contributed by atoms with van der Waals surface area (Å²) in [6, 6.07) is 10.3. The fraction of sp³-hybridized carbons (Fsp3) is 0.500. The Morgan fingerprint density at radius 3 is 2.68 bits per heavy atom. The molecular formula is C16H23NO2. The molecule has 0 radical (unpaired) electrons. The lowest BCUT2D eigenvalue weighted by atomic mass is 9.94. The minimum absolute atomic E-state index is 0.592. The fourth-order valence-electron chi connectivity index (χ4n) is 2.31. The van der Waals surface area contributed by atoms with Crippen LogP contribution in [0.2, 0.25) is 0 Å². The van der Waals surface area contributed by atoms with Crippen LogP contribution in [0.15, 0.2) is 35.9 Å². The van der Waals surface area contributed by atoms with Crippen LogP contribution >= 0.6 is 0 Å². The van der Waals surface area contributed by atoms with Crippen molar-refractivity contribution >= 4 is 6.08 Å². The van der Waals surface area contributed by atoms with E-state index in [1.165, 1.54) is 11.1 Å². The molecule has 1 aromatic rings. The summed E-state index contributed by atoms with van der Waals surface area (Å²) in [7, 11) is 0. The topological polar surface area (TPSA) is 41.5 Å². The van der Waals surface area contributed by atoms with Gasteiger partial charge in [0, 0.05) is 39.1 Å². The molecule has 1 aliphatic heterocycles. The summed E-state index contributed by atoms with van der Waals surface area (Å²) in [4.78, 5) is 0. The number of hydrogen-bond donors (Lipinski definition) is 2. The molecule has 0 bridgehead atoms. The number of hydrogen-bond acceptors (Lipinski definition) is 3. The molecule has 0 spiro atoms. The van der Waals surface area contributed by atoms with E-state index in [1.807, 2.05) is 18.2 Å². The Kier molecular flexibility index (Phi) is 5.14. The molecule has 0 saturated carbocycles. The van der Waals surface area contributed by atoms with Gasteiger partial charge >= 0.3 is 0 Å². The zero-order chi connectivity index (χ0) is 13.6. The third-order valence-electron chi connectivity index (χ3n) is 3.49. The van der Waals surface area contributed by atoms with Crippen molar-refractivity contribution in [3.8, 4) is 0 Å². The molecule has 19 heavy (non-hydrogen) atoms. The van der Waals surface area contributed by atoms with Crippen LogP contribution in [0, 0.1) is 0 Å². The molecule has 0 aliphatic carbocycles. The minimum atomic E-state index is -0.592. The van der Waals surface area contributed by atoms with Crippen LogP contribution in [0.5, 0.6) is 0 Å². The second kappa shape index (κ2) is 6.85. The summed E-state index contributed by atoms with van der Waals surface area (Å²) in [5, 5.41) is 13.7. The van der Waals surface area contributed by atoms with E-state index in [-0.39, 0.29) is 0 Å². The molecule has 1 aliphatic rings. The zero-order valence-corrected chi connectivity index (χ0v) is 11.6. The number of aliphatic hydroxyl groups is 1. The van der Waals surface area contributed by atoms with Crippen molar-refractivity contribution in [1.29, 1.82) is 0 Å². The van der Waals surface area contributed by atoms with Crippen LogP contribution < -0.4 is 5.32 Å². The number of nitrogens with one attached hydrogen (secondary N) is 1. The third kappa shape index (κ3) is 4.78. The molecule has 1 saturated heterocycles. The predicted molar refractivity (Wildman–Crippen MR) is 78.0 cm³/mol. The summed E-state index contributed by atoms with van der Waals surface area (Å²) < 4.78 is 5.27. The summed E-state index contributed by atoms with van der Waals surface area (Å²) in [6.07, 6.45) is 3.62. The maximum Gasteiger partial charge on any atom is 0.0815 e. The van der Waals surface area contributed by atoms with Crippen LogP contribution in [0.25, 0.3) is 6.08 Å². The van der Waals surface area contributed by atoms with Gasteiger partial charge in [-0.05, 0) is 12.5 Å². The molecule has 1 heterocycles. The van der Waals surface area contributed by atoms with E-state index < -0.39 is 5.60 Å². The average molecular weight is 261 g/mol. The van der Waals surface area contributed by atoms with Crippen molar-refractivity contribution < 1.29 is 9.84 Å². The van der Waals surface area contributed by atoms with E-state index in [4.69, 9.17) is 4.74 Å². The molecule has 1 aromatic carbocycles. The lowest BCUT2D eigenvalue weighted by molar-refractivity contribution is -0.0611. The standard InChI is InChI=1S/C16H23NO2/c1-14(11-15-5-3-2-4-6-15)12-17-13-16(18)7-9-19-10-8-16/h2-6,11,17-18H,7-10,12-13H2,1H3/b14-11-. The van der Waals surface area contributed by atoms with Crippen LogP contribution in [-0.2, 0) is 4.74 Å². The van der Waals surface area contributed by atoms with Crippen molar-refractivity contribution in [3.05, 3.63) is 41.5 Å². The second-order valence-corrected chi connectivity index (χ2v) is 5.34. The minimum Gasteiger partial charge on any atom is -0.388 e. The second-order valence-electron chi connectivity index (χ2n) is 5.34. The Morgan fingerprint density at radius 2 is 2.00 bits per heavy atom. The zero-order valence-electron chi connectivity index (χ0n) is 11.6. The highest BCUT2D eigenvalue weighted by atomic mass is 16.5. The molecule has 0 unspecified atom stereocenters. The van der Waals surface area contributed by atoms with E-state index in [0.717, 1.165) is 19.4 Å². The fourth-order valence-corrected chi connectivity index (χ4v) is 2.31. The van der Waals surface area contributed by atoms with E-state index in [2.05, 4.69) is 30.4 Å². The van der Waals surface area contributed by atoms with Crippen LogP contribution in [0.4, 0.5) is 0 Å². The summed E-state index contributed by atoms with van der Waals surface area (Å²) in [5.74, 6) is 0. The largest absolute Gasteiger partial charge is 0.388 e. The maximum absolute atomic E-state index is 10.3. The highest BCUT2D eigenvalue weighted by Crippen LogP contribution is 2.19. The van der Waals surface area contributed by atoms with E-state index in [0.29, 0.717) is 19.8 Å². The van der Waals surface area contributed by atoms with Gasteiger partial charge in [0.15, 0.2) is 0 Å². The van der Waals surface area contributed by atoms with E-state index >= 15 is 0 Å². The van der Waals surface area contributed by atoms with Gasteiger partial charge in [0.25, 0.3) is 0 Å². The predicted octanol–water partition coefficient (Wildman–Crippen LogP) is 2.22. The molecule has 0 atom stereocenters. The first-order chi connectivity index (χ1) is 9.18. The smallest absolute Gasteiger partial charge is 0.0815 e. The quantitative estimate of drug-likeness (QED) is 0.854. The normalized spacial score (nSPS) is 19.4. The van der Waals surface area contributed by atoms with E-state index in [1.54, 1.807) is 0 Å². The third-order valence-corrected chi connectivity index (χ3v) is 3.49. The van der Waals surface area contributed by atoms with Crippen molar-refractivity contribution in [3.63, 3.8) is 0 Å². The molecule has 2 rings (SSSR count).